The summed E-state index contributed by atoms with van der Waals surface area (Å²) >= 11 is 0. The maximum absolute atomic E-state index is 13.4. The van der Waals surface area contributed by atoms with E-state index in [2.05, 4.69) is 13.8 Å². The number of phosphoric acid groups is 1. The van der Waals surface area contributed by atoms with Crippen LogP contribution in [0.15, 0.2) is 0 Å². The number of carbonyl (C=O) groups is 2. The number of aliphatic hydroxyl groups is 8. The molecule has 9 N–H and O–H groups in total. The van der Waals surface area contributed by atoms with Crippen molar-refractivity contribution in [2.75, 3.05) is 19.8 Å². The molecule has 18 nitrogen and oxygen atoms in total. The summed E-state index contributed by atoms with van der Waals surface area (Å²) in [6.07, 6.45) is 11.7. The van der Waals surface area contributed by atoms with Crippen LogP contribution in [-0.2, 0) is 42.1 Å². The first-order valence-corrected chi connectivity index (χ1v) is 28.9. The van der Waals surface area contributed by atoms with Crippen LogP contribution >= 0.6 is 7.82 Å². The number of rotatable bonds is 43. The van der Waals surface area contributed by atoms with Crippen LogP contribution in [0.1, 0.15) is 219 Å². The molecule has 1 aliphatic heterocycles. The Morgan fingerprint density at radius 1 is 0.486 bits per heavy atom. The zero-order valence-electron chi connectivity index (χ0n) is 42.8. The fourth-order valence-corrected chi connectivity index (χ4v) is 10.0. The van der Waals surface area contributed by atoms with Crippen molar-refractivity contribution in [3.05, 3.63) is 0 Å². The van der Waals surface area contributed by atoms with Crippen molar-refractivity contribution in [1.29, 1.82) is 0 Å². The highest BCUT2D eigenvalue weighted by Gasteiger charge is 2.55. The summed E-state index contributed by atoms with van der Waals surface area (Å²) in [5, 5.41) is 83.0. The van der Waals surface area contributed by atoms with E-state index < -0.39 is 113 Å². The largest absolute Gasteiger partial charge is 0.472 e. The fourth-order valence-electron chi connectivity index (χ4n) is 9.06. The van der Waals surface area contributed by atoms with Crippen molar-refractivity contribution in [2.45, 2.75) is 293 Å². The second kappa shape index (κ2) is 39.1. The van der Waals surface area contributed by atoms with Crippen LogP contribution in [0, 0.1) is 0 Å². The molecule has 0 aromatic carbocycles. The van der Waals surface area contributed by atoms with Gasteiger partial charge in [-0.3, -0.25) is 18.6 Å². The summed E-state index contributed by atoms with van der Waals surface area (Å²) in [5.74, 6) is -1.20. The van der Waals surface area contributed by atoms with Crippen LogP contribution in [0.25, 0.3) is 0 Å². The Balaban J connectivity index is 1.90. The minimum atomic E-state index is -5.37. The van der Waals surface area contributed by atoms with Gasteiger partial charge in [0.05, 0.1) is 13.2 Å². The van der Waals surface area contributed by atoms with Gasteiger partial charge in [-0.25, -0.2) is 4.57 Å². The highest BCUT2D eigenvalue weighted by atomic mass is 31.2. The normalized spacial score (nSPS) is 27.3. The molecule has 1 heterocycles. The highest BCUT2D eigenvalue weighted by molar-refractivity contribution is 7.47. The van der Waals surface area contributed by atoms with E-state index >= 15 is 0 Å². The maximum Gasteiger partial charge on any atom is 0.472 e. The van der Waals surface area contributed by atoms with E-state index in [1.807, 2.05) is 0 Å². The molecule has 2 rings (SSSR count). The SMILES string of the molecule is CCCCCCCCCCCCCCCCCCCC(=O)OCC(COP(=O)(O)OC1C(O)C(O)C(O)C(O)C1OC1OC(CO)C(O)C(O)C1O)OC(=O)CCCCCCCCCCCCCCC. The maximum atomic E-state index is 13.4. The molecule has 2 aliphatic rings. The molecular weight excluding hydrogens is 932 g/mol. The Bertz CT molecular complexity index is 1360. The summed E-state index contributed by atoms with van der Waals surface area (Å²) in [7, 11) is -5.37. The Morgan fingerprint density at radius 2 is 0.857 bits per heavy atom. The molecule has 13 unspecified atom stereocenters. The minimum absolute atomic E-state index is 0.0398. The van der Waals surface area contributed by atoms with Crippen molar-refractivity contribution in [1.82, 2.24) is 0 Å². The lowest BCUT2D eigenvalue weighted by molar-refractivity contribution is -0.338. The van der Waals surface area contributed by atoms with E-state index in [0.717, 1.165) is 51.4 Å². The smallest absolute Gasteiger partial charge is 0.462 e. The Morgan fingerprint density at radius 3 is 1.27 bits per heavy atom. The van der Waals surface area contributed by atoms with Gasteiger partial charge in [-0.15, -0.1) is 0 Å². The number of phosphoric ester groups is 1. The van der Waals surface area contributed by atoms with Gasteiger partial charge in [-0.05, 0) is 12.8 Å². The van der Waals surface area contributed by atoms with E-state index in [4.69, 9.17) is 28.0 Å². The van der Waals surface area contributed by atoms with Gasteiger partial charge >= 0.3 is 19.8 Å². The van der Waals surface area contributed by atoms with Crippen molar-refractivity contribution in [3.8, 4) is 0 Å². The Hall–Kier alpha value is -1.35. The van der Waals surface area contributed by atoms with E-state index in [-0.39, 0.29) is 12.8 Å². The molecule has 2 fully saturated rings. The molecule has 70 heavy (non-hydrogen) atoms. The molecule has 0 bridgehead atoms. The summed E-state index contributed by atoms with van der Waals surface area (Å²) in [6.45, 7) is 2.26. The minimum Gasteiger partial charge on any atom is -0.462 e. The van der Waals surface area contributed by atoms with Gasteiger partial charge in [0.25, 0.3) is 0 Å². The monoisotopic (exact) mass is 1030 g/mol. The van der Waals surface area contributed by atoms with E-state index in [1.165, 1.54) is 128 Å². The van der Waals surface area contributed by atoms with Crippen molar-refractivity contribution in [3.63, 3.8) is 0 Å². The van der Waals surface area contributed by atoms with Gasteiger partial charge < -0.3 is 64.7 Å². The first kappa shape index (κ1) is 64.8. The molecule has 19 heteroatoms. The summed E-state index contributed by atoms with van der Waals surface area (Å²) in [5.41, 5.74) is 0. The van der Waals surface area contributed by atoms with Crippen LogP contribution in [0.5, 0.6) is 0 Å². The number of hydrogen-bond donors (Lipinski definition) is 9. The van der Waals surface area contributed by atoms with E-state index in [1.54, 1.807) is 0 Å². The van der Waals surface area contributed by atoms with E-state index in [0.29, 0.717) is 12.8 Å². The number of unbranched alkanes of at least 4 members (excludes halogenated alkanes) is 28. The number of esters is 2. The lowest BCUT2D eigenvalue weighted by Crippen LogP contribution is -2.67. The first-order chi connectivity index (χ1) is 33.7. The molecular formula is C51H97O18P. The molecule has 0 amide bonds. The molecule has 1 saturated heterocycles. The van der Waals surface area contributed by atoms with Crippen LogP contribution in [0.4, 0.5) is 0 Å². The van der Waals surface area contributed by atoms with Gasteiger partial charge in [-0.1, -0.05) is 194 Å². The average Bonchev–Trinajstić information content (AvgIpc) is 3.34. The molecule has 1 saturated carbocycles. The second-order valence-electron chi connectivity index (χ2n) is 19.8. The summed E-state index contributed by atoms with van der Waals surface area (Å²) < 4.78 is 45.6. The number of hydrogen-bond acceptors (Lipinski definition) is 17. The predicted molar refractivity (Wildman–Crippen MR) is 263 cm³/mol. The third-order valence-electron chi connectivity index (χ3n) is 13.6. The molecule has 13 atom stereocenters. The third kappa shape index (κ3) is 27.3. The van der Waals surface area contributed by atoms with Gasteiger partial charge in [0, 0.05) is 12.8 Å². The predicted octanol–water partition coefficient (Wildman–Crippen LogP) is 7.11. The van der Waals surface area contributed by atoms with Gasteiger partial charge in [-0.2, -0.15) is 0 Å². The van der Waals surface area contributed by atoms with Gasteiger partial charge in [0.1, 0.15) is 67.6 Å². The first-order valence-electron chi connectivity index (χ1n) is 27.4. The second-order valence-corrected chi connectivity index (χ2v) is 21.2. The van der Waals surface area contributed by atoms with Crippen molar-refractivity contribution in [2.24, 2.45) is 0 Å². The van der Waals surface area contributed by atoms with Gasteiger partial charge in [0.15, 0.2) is 12.4 Å². The zero-order valence-corrected chi connectivity index (χ0v) is 43.7. The third-order valence-corrected chi connectivity index (χ3v) is 14.5. The molecule has 0 spiro atoms. The topological polar surface area (TPSA) is 289 Å². The standard InChI is InChI=1S/C51H97O18P/c1-3-5-7-9-11-13-15-17-18-19-20-22-23-25-27-29-31-33-40(53)64-36-38(66-41(54)34-32-30-28-26-24-21-16-14-12-10-8-6-4-2)37-65-70(62,63)69-50-47(60)45(58)44(57)46(59)49(50)68-51-48(61)43(56)42(55)39(35-52)67-51/h38-39,42-52,55-61H,3-37H2,1-2H3,(H,62,63). The molecule has 0 radical (unpaired) electrons. The molecule has 414 valence electrons. The van der Waals surface area contributed by atoms with E-state index in [9.17, 15) is 59.9 Å². The lowest BCUT2D eigenvalue weighted by atomic mass is 9.84. The molecule has 0 aromatic rings. The fraction of sp³-hybridized carbons (Fsp3) is 0.961. The van der Waals surface area contributed by atoms with Crippen LogP contribution in [0.2, 0.25) is 0 Å². The lowest BCUT2D eigenvalue weighted by Gasteiger charge is -2.47. The quantitative estimate of drug-likeness (QED) is 0.0167. The average molecular weight is 1030 g/mol. The Labute approximate surface area is 419 Å². The number of aliphatic hydroxyl groups excluding tert-OH is 8. The van der Waals surface area contributed by atoms with Crippen LogP contribution in [0.3, 0.4) is 0 Å². The van der Waals surface area contributed by atoms with Crippen LogP contribution in [-0.4, -0.2) is 151 Å². The van der Waals surface area contributed by atoms with Crippen LogP contribution < -0.4 is 0 Å². The van der Waals surface area contributed by atoms with Crippen molar-refractivity contribution >= 4 is 19.8 Å². The summed E-state index contributed by atoms with van der Waals surface area (Å²) in [6, 6.07) is 0. The summed E-state index contributed by atoms with van der Waals surface area (Å²) in [4.78, 5) is 36.6. The highest BCUT2D eigenvalue weighted by Crippen LogP contribution is 2.48. The molecule has 0 aromatic heterocycles. The molecule has 1 aliphatic carbocycles. The number of ether oxygens (including phenoxy) is 4. The van der Waals surface area contributed by atoms with Gasteiger partial charge in [0.2, 0.25) is 0 Å². The number of carbonyl (C=O) groups excluding carboxylic acids is 2. The zero-order chi connectivity index (χ0) is 51.6. The van der Waals surface area contributed by atoms with Crippen molar-refractivity contribution < 1.29 is 87.9 Å². The Kier molecular flexibility index (Phi) is 36.2.